The van der Waals surface area contributed by atoms with Crippen LogP contribution >= 0.6 is 0 Å². The van der Waals surface area contributed by atoms with E-state index in [1.165, 1.54) is 0 Å². The van der Waals surface area contributed by atoms with Crippen molar-refractivity contribution in [3.05, 3.63) is 0 Å². The Labute approximate surface area is 66.6 Å². The summed E-state index contributed by atoms with van der Waals surface area (Å²) in [5, 5.41) is 0. The minimum atomic E-state index is -2.43. The van der Waals surface area contributed by atoms with Crippen LogP contribution in [0.15, 0.2) is 0 Å². The second-order valence-corrected chi connectivity index (χ2v) is 12.3. The molecular formula is C6H14O3Sn. The van der Waals surface area contributed by atoms with Gasteiger partial charge in [-0.25, -0.2) is 0 Å². The van der Waals surface area contributed by atoms with Crippen LogP contribution < -0.4 is 0 Å². The summed E-state index contributed by atoms with van der Waals surface area (Å²) in [5.41, 5.74) is 0. The van der Waals surface area contributed by atoms with E-state index < -0.39 is 19.2 Å². The Kier molecular flexibility index (Phi) is 3.42. The van der Waals surface area contributed by atoms with E-state index in [0.29, 0.717) is 13.2 Å². The SMILES string of the molecule is [CH3][Sn]1([CH3])[O]CCOCC[O]1. The Hall–Kier alpha value is 0.679. The maximum absolute atomic E-state index is 5.53. The van der Waals surface area contributed by atoms with Gasteiger partial charge in [0.05, 0.1) is 0 Å². The van der Waals surface area contributed by atoms with Gasteiger partial charge in [0.25, 0.3) is 0 Å². The third-order valence-electron chi connectivity index (χ3n) is 1.35. The fourth-order valence-corrected chi connectivity index (χ4v) is 4.36. The number of hydrogen-bond acceptors (Lipinski definition) is 3. The monoisotopic (exact) mass is 254 g/mol. The van der Waals surface area contributed by atoms with Gasteiger partial charge in [0.1, 0.15) is 0 Å². The van der Waals surface area contributed by atoms with E-state index in [1.807, 2.05) is 0 Å². The first-order valence-electron chi connectivity index (χ1n) is 3.56. The van der Waals surface area contributed by atoms with Crippen LogP contribution in [0.25, 0.3) is 0 Å². The van der Waals surface area contributed by atoms with E-state index in [4.69, 9.17) is 10.9 Å². The Morgan fingerprint density at radius 3 is 1.90 bits per heavy atom. The molecule has 0 aromatic heterocycles. The van der Waals surface area contributed by atoms with Crippen molar-refractivity contribution < 1.29 is 10.9 Å². The Morgan fingerprint density at radius 1 is 0.900 bits per heavy atom. The van der Waals surface area contributed by atoms with Crippen molar-refractivity contribution in [1.29, 1.82) is 0 Å². The van der Waals surface area contributed by atoms with Crippen molar-refractivity contribution >= 4 is 19.2 Å². The molecule has 1 aliphatic heterocycles. The molecule has 1 aliphatic rings. The van der Waals surface area contributed by atoms with Gasteiger partial charge < -0.3 is 0 Å². The van der Waals surface area contributed by atoms with Crippen LogP contribution in [0.4, 0.5) is 0 Å². The van der Waals surface area contributed by atoms with Gasteiger partial charge in [0.2, 0.25) is 0 Å². The molecule has 10 heavy (non-hydrogen) atoms. The Bertz CT molecular complexity index is 95.2. The van der Waals surface area contributed by atoms with Crippen molar-refractivity contribution in [3.63, 3.8) is 0 Å². The van der Waals surface area contributed by atoms with Gasteiger partial charge in [-0.1, -0.05) is 0 Å². The molecular weight excluding hydrogens is 239 g/mol. The molecule has 0 saturated carbocycles. The molecule has 0 aromatic rings. The van der Waals surface area contributed by atoms with E-state index >= 15 is 0 Å². The minimum absolute atomic E-state index is 0.711. The third-order valence-corrected chi connectivity index (χ3v) is 6.49. The first-order chi connectivity index (χ1) is 4.71. The normalized spacial score (nSPS) is 27.0. The van der Waals surface area contributed by atoms with Crippen molar-refractivity contribution in [3.8, 4) is 0 Å². The fraction of sp³-hybridized carbons (Fsp3) is 1.00. The zero-order chi connectivity index (χ0) is 7.45. The summed E-state index contributed by atoms with van der Waals surface area (Å²) in [6.07, 6.45) is 0. The van der Waals surface area contributed by atoms with Gasteiger partial charge in [-0.15, -0.1) is 0 Å². The predicted molar refractivity (Wildman–Crippen MR) is 40.2 cm³/mol. The molecule has 0 unspecified atom stereocenters. The number of ether oxygens (including phenoxy) is 1. The van der Waals surface area contributed by atoms with Crippen molar-refractivity contribution in [2.24, 2.45) is 0 Å². The molecule has 1 heterocycles. The van der Waals surface area contributed by atoms with Gasteiger partial charge >= 0.3 is 66.4 Å². The molecule has 0 spiro atoms. The summed E-state index contributed by atoms with van der Waals surface area (Å²) < 4.78 is 16.2. The topological polar surface area (TPSA) is 27.7 Å². The molecule has 0 aliphatic carbocycles. The summed E-state index contributed by atoms with van der Waals surface area (Å²) in [6.45, 7) is 2.87. The van der Waals surface area contributed by atoms with E-state index in [1.54, 1.807) is 0 Å². The van der Waals surface area contributed by atoms with Crippen LogP contribution in [-0.2, 0) is 10.9 Å². The average molecular weight is 253 g/mol. The van der Waals surface area contributed by atoms with Crippen LogP contribution in [0.5, 0.6) is 0 Å². The predicted octanol–water partition coefficient (Wildman–Crippen LogP) is 0.752. The molecule has 1 rings (SSSR count). The second kappa shape index (κ2) is 3.90. The molecule has 1 fully saturated rings. The Morgan fingerprint density at radius 2 is 1.40 bits per heavy atom. The van der Waals surface area contributed by atoms with E-state index in [9.17, 15) is 0 Å². The summed E-state index contributed by atoms with van der Waals surface area (Å²) in [4.78, 5) is 4.25. The third kappa shape index (κ3) is 3.18. The summed E-state index contributed by atoms with van der Waals surface area (Å²) >= 11 is -2.43. The number of hydrogen-bond donors (Lipinski definition) is 0. The molecule has 0 bridgehead atoms. The zero-order valence-electron chi connectivity index (χ0n) is 6.55. The van der Waals surface area contributed by atoms with E-state index in [-0.39, 0.29) is 0 Å². The summed E-state index contributed by atoms with van der Waals surface area (Å²) in [6, 6.07) is 0. The first kappa shape index (κ1) is 8.77. The molecule has 1 saturated heterocycles. The van der Waals surface area contributed by atoms with E-state index in [0.717, 1.165) is 13.2 Å². The molecule has 60 valence electrons. The van der Waals surface area contributed by atoms with Gasteiger partial charge in [-0.05, 0) is 0 Å². The van der Waals surface area contributed by atoms with E-state index in [2.05, 4.69) is 9.88 Å². The second-order valence-electron chi connectivity index (χ2n) is 2.71. The maximum atomic E-state index is 5.53. The van der Waals surface area contributed by atoms with Gasteiger partial charge in [0, 0.05) is 0 Å². The van der Waals surface area contributed by atoms with Crippen molar-refractivity contribution in [1.82, 2.24) is 0 Å². The summed E-state index contributed by atoms with van der Waals surface area (Å²) in [5.74, 6) is 0. The molecule has 0 amide bonds. The first-order valence-corrected chi connectivity index (χ1v) is 11.6. The summed E-state index contributed by atoms with van der Waals surface area (Å²) in [7, 11) is 0. The van der Waals surface area contributed by atoms with Crippen LogP contribution in [0.1, 0.15) is 0 Å². The van der Waals surface area contributed by atoms with Crippen LogP contribution in [-0.4, -0.2) is 45.6 Å². The molecule has 0 atom stereocenters. The molecule has 0 aromatic carbocycles. The Balaban J connectivity index is 2.30. The van der Waals surface area contributed by atoms with Crippen molar-refractivity contribution in [2.45, 2.75) is 9.88 Å². The van der Waals surface area contributed by atoms with Gasteiger partial charge in [0.15, 0.2) is 0 Å². The standard InChI is InChI=1S/C4H8O3.2CH3.Sn/c5-1-3-7-4-2-6;;;/h1-4H2;2*1H3;/q-2;;;+2. The number of rotatable bonds is 0. The van der Waals surface area contributed by atoms with Crippen LogP contribution in [0.3, 0.4) is 0 Å². The van der Waals surface area contributed by atoms with Crippen LogP contribution in [0, 0.1) is 0 Å². The molecule has 4 heteroatoms. The fourth-order valence-electron chi connectivity index (χ4n) is 0.836. The zero-order valence-corrected chi connectivity index (χ0v) is 9.41. The quantitative estimate of drug-likeness (QED) is 0.596. The van der Waals surface area contributed by atoms with Crippen LogP contribution in [0.2, 0.25) is 9.88 Å². The molecule has 0 N–H and O–H groups in total. The molecule has 3 nitrogen and oxygen atoms in total. The molecule has 0 radical (unpaired) electrons. The average Bonchev–Trinajstić information content (AvgIpc) is 1.81. The van der Waals surface area contributed by atoms with Gasteiger partial charge in [-0.2, -0.15) is 0 Å². The van der Waals surface area contributed by atoms with Gasteiger partial charge in [-0.3, -0.25) is 0 Å². The van der Waals surface area contributed by atoms with Crippen molar-refractivity contribution in [2.75, 3.05) is 26.4 Å².